The number of halogens is 1. The minimum absolute atomic E-state index is 0.248. The van der Waals surface area contributed by atoms with Crippen LogP contribution < -0.4 is 5.32 Å². The Hall–Kier alpha value is -3.76. The molecule has 1 aromatic heterocycles. The van der Waals surface area contributed by atoms with Crippen LogP contribution in [-0.4, -0.2) is 40.6 Å². The fourth-order valence-corrected chi connectivity index (χ4v) is 2.77. The molecule has 2 rings (SSSR count). The van der Waals surface area contributed by atoms with E-state index in [1.54, 1.807) is 20.8 Å². The van der Waals surface area contributed by atoms with Gasteiger partial charge in [0.1, 0.15) is 17.4 Å². The number of non-ortho nitro benzene ring substituents is 1. The molecule has 172 valence electrons. The predicted octanol–water partition coefficient (Wildman–Crippen LogP) is 3.91. The molecule has 0 saturated carbocycles. The molecule has 0 radical (unpaired) electrons. The Morgan fingerprint density at radius 1 is 1.19 bits per heavy atom. The van der Waals surface area contributed by atoms with Crippen LogP contribution in [0.5, 0.6) is 0 Å². The number of hydrogen-bond donors (Lipinski definition) is 1. The molecule has 0 aliphatic carbocycles. The third-order valence-electron chi connectivity index (χ3n) is 4.13. The van der Waals surface area contributed by atoms with Gasteiger partial charge >= 0.3 is 12.1 Å². The number of carbonyl (C=O) groups excluding carboxylic acids is 3. The molecule has 11 heteroatoms. The van der Waals surface area contributed by atoms with Gasteiger partial charge in [0, 0.05) is 17.7 Å². The average molecular weight is 450 g/mol. The first kappa shape index (κ1) is 24.5. The number of nitro benzene ring substituents is 1. The second-order valence-electron chi connectivity index (χ2n) is 7.66. The molecule has 0 saturated heterocycles. The van der Waals surface area contributed by atoms with Crippen molar-refractivity contribution in [3.63, 3.8) is 0 Å². The van der Waals surface area contributed by atoms with E-state index in [0.717, 1.165) is 24.3 Å². The second kappa shape index (κ2) is 9.58. The zero-order valence-electron chi connectivity index (χ0n) is 17.9. The van der Waals surface area contributed by atoms with Crippen molar-refractivity contribution in [2.75, 3.05) is 6.61 Å². The molecular weight excluding hydrogens is 427 g/mol. The number of ether oxygens (including phenoxy) is 2. The number of nitrogens with zero attached hydrogens (tertiary/aromatic N) is 1. The number of hydrogen-bond acceptors (Lipinski definition) is 8. The van der Waals surface area contributed by atoms with E-state index in [9.17, 15) is 24.5 Å². The van der Waals surface area contributed by atoms with Crippen molar-refractivity contribution in [3.05, 3.63) is 64.1 Å². The monoisotopic (exact) mass is 450 g/mol. The summed E-state index contributed by atoms with van der Waals surface area (Å²) in [5.74, 6) is -3.20. The van der Waals surface area contributed by atoms with Gasteiger partial charge in [-0.3, -0.25) is 14.9 Å². The normalized spacial score (nSPS) is 14.0. The van der Waals surface area contributed by atoms with Crippen molar-refractivity contribution in [3.8, 4) is 0 Å². The van der Waals surface area contributed by atoms with Gasteiger partial charge in [0.25, 0.3) is 11.4 Å². The molecule has 2 atom stereocenters. The zero-order valence-corrected chi connectivity index (χ0v) is 17.9. The highest BCUT2D eigenvalue weighted by Gasteiger charge is 2.57. The van der Waals surface area contributed by atoms with E-state index < -0.39 is 40.1 Å². The van der Waals surface area contributed by atoms with Gasteiger partial charge < -0.3 is 19.2 Å². The highest BCUT2D eigenvalue weighted by atomic mass is 19.1. The summed E-state index contributed by atoms with van der Waals surface area (Å²) in [6, 6.07) is 4.67. The van der Waals surface area contributed by atoms with Crippen LogP contribution in [0.25, 0.3) is 0 Å². The van der Waals surface area contributed by atoms with Crippen LogP contribution >= 0.6 is 0 Å². The van der Waals surface area contributed by atoms with E-state index >= 15 is 4.39 Å². The molecule has 0 aliphatic heterocycles. The number of ketones is 1. The summed E-state index contributed by atoms with van der Waals surface area (Å²) in [4.78, 5) is 48.4. The molecule has 0 bridgehead atoms. The maximum absolute atomic E-state index is 16.4. The van der Waals surface area contributed by atoms with Gasteiger partial charge in [-0.1, -0.05) is 0 Å². The summed E-state index contributed by atoms with van der Waals surface area (Å²) >= 11 is 0. The first-order valence-electron chi connectivity index (χ1n) is 9.58. The minimum atomic E-state index is -3.47. The van der Waals surface area contributed by atoms with E-state index in [1.807, 2.05) is 0 Å². The van der Waals surface area contributed by atoms with Crippen LogP contribution in [0.4, 0.5) is 14.9 Å². The van der Waals surface area contributed by atoms with Gasteiger partial charge in [-0.2, -0.15) is 0 Å². The average Bonchev–Trinajstić information content (AvgIpc) is 3.24. The quantitative estimate of drug-likeness (QED) is 0.210. The van der Waals surface area contributed by atoms with Crippen LogP contribution in [-0.2, 0) is 14.3 Å². The molecule has 1 amide bonds. The van der Waals surface area contributed by atoms with Crippen molar-refractivity contribution < 1.29 is 37.6 Å². The van der Waals surface area contributed by atoms with E-state index in [0.29, 0.717) is 0 Å². The van der Waals surface area contributed by atoms with Gasteiger partial charge in [0.2, 0.25) is 5.78 Å². The number of amides is 1. The molecule has 0 aliphatic rings. The summed E-state index contributed by atoms with van der Waals surface area (Å²) in [6.45, 7) is 5.88. The Morgan fingerprint density at radius 2 is 1.81 bits per heavy atom. The predicted molar refractivity (Wildman–Crippen MR) is 109 cm³/mol. The summed E-state index contributed by atoms with van der Waals surface area (Å²) in [5.41, 5.74) is -5.12. The van der Waals surface area contributed by atoms with Crippen molar-refractivity contribution >= 4 is 23.5 Å². The lowest BCUT2D eigenvalue weighted by molar-refractivity contribution is -0.384. The molecular formula is C21H23FN2O8. The Bertz CT molecular complexity index is 982. The van der Waals surface area contributed by atoms with Gasteiger partial charge in [0.05, 0.1) is 17.8 Å². The van der Waals surface area contributed by atoms with Gasteiger partial charge in [-0.05, 0) is 52.0 Å². The largest absolute Gasteiger partial charge is 0.467 e. The molecule has 0 spiro atoms. The van der Waals surface area contributed by atoms with Crippen LogP contribution in [0, 0.1) is 10.1 Å². The number of nitrogens with one attached hydrogen (secondary N) is 1. The van der Waals surface area contributed by atoms with E-state index in [-0.39, 0.29) is 23.6 Å². The number of benzene rings is 1. The maximum Gasteiger partial charge on any atom is 0.408 e. The molecule has 1 N–H and O–H groups in total. The summed E-state index contributed by atoms with van der Waals surface area (Å²) in [7, 11) is 0. The molecule has 10 nitrogen and oxygen atoms in total. The third kappa shape index (κ3) is 5.48. The SMILES string of the molecule is CCOC(=O)[C@@](F)(C(=O)c1ccc([N+](=O)[O-])cc1)[C@@H](NC(=O)OC(C)(C)C)c1ccco1. The van der Waals surface area contributed by atoms with Crippen molar-refractivity contribution in [2.24, 2.45) is 0 Å². The van der Waals surface area contributed by atoms with Gasteiger partial charge in [0.15, 0.2) is 0 Å². The standard InChI is InChI=1S/C21H23FN2O8/c1-5-30-18(26)21(22,17(25)13-8-10-14(11-9-13)24(28)29)16(15-7-6-12-31-15)23-19(27)32-20(2,3)4/h6-12,16H,5H2,1-4H3,(H,23,27)/t16-,21-/m0/s1. The number of furan rings is 1. The molecule has 32 heavy (non-hydrogen) atoms. The van der Waals surface area contributed by atoms with Crippen LogP contribution in [0.1, 0.15) is 49.9 Å². The first-order chi connectivity index (χ1) is 14.9. The maximum atomic E-state index is 16.4. The summed E-state index contributed by atoms with van der Waals surface area (Å²) in [6.07, 6.45) is 0.0582. The van der Waals surface area contributed by atoms with Crippen molar-refractivity contribution in [1.29, 1.82) is 0 Å². The number of carbonyl (C=O) groups is 3. The zero-order chi connectivity index (χ0) is 24.1. The lowest BCUT2D eigenvalue weighted by atomic mass is 9.86. The van der Waals surface area contributed by atoms with E-state index in [4.69, 9.17) is 13.9 Å². The molecule has 2 aromatic rings. The second-order valence-corrected chi connectivity index (χ2v) is 7.66. The van der Waals surface area contributed by atoms with Crippen molar-refractivity contribution in [1.82, 2.24) is 5.32 Å². The van der Waals surface area contributed by atoms with E-state index in [1.165, 1.54) is 25.3 Å². The Balaban J connectivity index is 2.56. The third-order valence-corrected chi connectivity index (χ3v) is 4.13. The Labute approximate surface area is 182 Å². The number of Topliss-reactive ketones (excluding diaryl/α,β-unsaturated/α-hetero) is 1. The number of esters is 1. The van der Waals surface area contributed by atoms with Gasteiger partial charge in [-0.25, -0.2) is 14.0 Å². The number of alkyl halides is 1. The molecule has 1 aromatic carbocycles. The fraction of sp³-hybridized carbons (Fsp3) is 0.381. The molecule has 0 fully saturated rings. The molecule has 0 unspecified atom stereocenters. The Morgan fingerprint density at radius 3 is 2.28 bits per heavy atom. The summed E-state index contributed by atoms with van der Waals surface area (Å²) in [5, 5.41) is 13.0. The number of nitro groups is 1. The highest BCUT2D eigenvalue weighted by Crippen LogP contribution is 2.35. The lowest BCUT2D eigenvalue weighted by Gasteiger charge is -2.30. The number of rotatable bonds is 8. The minimum Gasteiger partial charge on any atom is -0.467 e. The van der Waals surface area contributed by atoms with Crippen LogP contribution in [0.2, 0.25) is 0 Å². The van der Waals surface area contributed by atoms with Crippen LogP contribution in [0.3, 0.4) is 0 Å². The number of alkyl carbamates (subject to hydrolysis) is 1. The Kier molecular flexibility index (Phi) is 7.34. The lowest BCUT2D eigenvalue weighted by Crippen LogP contribution is -2.55. The fourth-order valence-electron chi connectivity index (χ4n) is 2.77. The van der Waals surface area contributed by atoms with Crippen molar-refractivity contribution in [2.45, 2.75) is 45.0 Å². The smallest absolute Gasteiger partial charge is 0.408 e. The topological polar surface area (TPSA) is 138 Å². The highest BCUT2D eigenvalue weighted by molar-refractivity contribution is 6.16. The summed E-state index contributed by atoms with van der Waals surface area (Å²) < 4.78 is 31.5. The molecule has 1 heterocycles. The van der Waals surface area contributed by atoms with Crippen LogP contribution in [0.15, 0.2) is 47.1 Å². The van der Waals surface area contributed by atoms with Gasteiger partial charge in [-0.15, -0.1) is 0 Å². The van der Waals surface area contributed by atoms with E-state index in [2.05, 4.69) is 5.32 Å². The first-order valence-corrected chi connectivity index (χ1v) is 9.58.